The summed E-state index contributed by atoms with van der Waals surface area (Å²) in [5.74, 6) is -1.03. The molecule has 1 aromatic carbocycles. The summed E-state index contributed by atoms with van der Waals surface area (Å²) in [6, 6.07) is 6.87. The first-order valence-electron chi connectivity index (χ1n) is 6.31. The van der Waals surface area contributed by atoms with Crippen molar-refractivity contribution in [3.05, 3.63) is 46.2 Å². The second kappa shape index (κ2) is 5.96. The average Bonchev–Trinajstić information content (AvgIpc) is 2.77. The maximum atomic E-state index is 11.0. The van der Waals surface area contributed by atoms with Crippen LogP contribution in [-0.2, 0) is 13.1 Å². The zero-order valence-electron chi connectivity index (χ0n) is 11.4. The third-order valence-electron chi connectivity index (χ3n) is 2.96. The van der Waals surface area contributed by atoms with Gasteiger partial charge in [0.05, 0.1) is 28.5 Å². The topological polar surface area (TPSA) is 67.2 Å². The molecule has 2 N–H and O–H groups in total. The number of halogens is 1. The number of carboxylic acids is 1. The molecule has 0 unspecified atom stereocenters. The molecule has 0 amide bonds. The number of aryl methyl sites for hydroxylation is 2. The van der Waals surface area contributed by atoms with E-state index in [0.29, 0.717) is 12.2 Å². The molecule has 1 aromatic heterocycles. The number of carboxylic acid groups (broad SMARTS) is 1. The van der Waals surface area contributed by atoms with Gasteiger partial charge in [0.1, 0.15) is 0 Å². The van der Waals surface area contributed by atoms with Gasteiger partial charge in [0, 0.05) is 12.2 Å². The molecule has 2 aromatic rings. The Morgan fingerprint density at radius 3 is 2.85 bits per heavy atom. The van der Waals surface area contributed by atoms with Gasteiger partial charge in [0.2, 0.25) is 0 Å². The fourth-order valence-corrected chi connectivity index (χ4v) is 2.21. The van der Waals surface area contributed by atoms with Crippen LogP contribution in [0, 0.1) is 6.92 Å². The number of hydrogen-bond acceptors (Lipinski definition) is 3. The van der Waals surface area contributed by atoms with Crippen LogP contribution in [0.4, 0.5) is 5.69 Å². The highest BCUT2D eigenvalue weighted by Gasteiger charge is 2.10. The number of rotatable bonds is 5. The summed E-state index contributed by atoms with van der Waals surface area (Å²) in [4.78, 5) is 11.0. The molecule has 0 bridgehead atoms. The standard InChI is InChI=1S/C14H16ClN3O2/c1-3-18-11(6-9(2)17-18)8-16-10-4-5-13(15)12(7-10)14(19)20/h4-7,16H,3,8H2,1-2H3,(H,19,20). The molecule has 20 heavy (non-hydrogen) atoms. The van der Waals surface area contributed by atoms with Gasteiger partial charge in [0.15, 0.2) is 0 Å². The lowest BCUT2D eigenvalue weighted by atomic mass is 10.2. The highest BCUT2D eigenvalue weighted by molar-refractivity contribution is 6.33. The lowest BCUT2D eigenvalue weighted by Crippen LogP contribution is -2.08. The molecule has 0 aliphatic rings. The van der Waals surface area contributed by atoms with E-state index in [4.69, 9.17) is 16.7 Å². The van der Waals surface area contributed by atoms with Crippen molar-refractivity contribution >= 4 is 23.3 Å². The molecule has 0 saturated heterocycles. The number of nitrogens with one attached hydrogen (secondary N) is 1. The molecular weight excluding hydrogens is 278 g/mol. The Labute approximate surface area is 122 Å². The van der Waals surface area contributed by atoms with Crippen molar-refractivity contribution in [2.45, 2.75) is 26.9 Å². The highest BCUT2D eigenvalue weighted by Crippen LogP contribution is 2.21. The SMILES string of the molecule is CCn1nc(C)cc1CNc1ccc(Cl)c(C(=O)O)c1. The van der Waals surface area contributed by atoms with Crippen LogP contribution in [0.2, 0.25) is 5.02 Å². The van der Waals surface area contributed by atoms with Crippen LogP contribution < -0.4 is 5.32 Å². The minimum Gasteiger partial charge on any atom is -0.478 e. The number of aromatic nitrogens is 2. The molecule has 1 heterocycles. The van der Waals surface area contributed by atoms with Gasteiger partial charge in [-0.15, -0.1) is 0 Å². The van der Waals surface area contributed by atoms with Crippen molar-refractivity contribution in [3.63, 3.8) is 0 Å². The van der Waals surface area contributed by atoms with Crippen molar-refractivity contribution in [1.29, 1.82) is 0 Å². The molecule has 5 nitrogen and oxygen atoms in total. The van der Waals surface area contributed by atoms with Crippen LogP contribution in [0.3, 0.4) is 0 Å². The molecule has 0 aliphatic carbocycles. The van der Waals surface area contributed by atoms with Crippen LogP contribution in [0.25, 0.3) is 0 Å². The van der Waals surface area contributed by atoms with Gasteiger partial charge in [0.25, 0.3) is 0 Å². The first-order valence-corrected chi connectivity index (χ1v) is 6.69. The lowest BCUT2D eigenvalue weighted by Gasteiger charge is -2.09. The largest absolute Gasteiger partial charge is 0.478 e. The van der Waals surface area contributed by atoms with E-state index in [1.165, 1.54) is 6.07 Å². The van der Waals surface area contributed by atoms with E-state index < -0.39 is 5.97 Å². The van der Waals surface area contributed by atoms with Crippen molar-refractivity contribution in [2.24, 2.45) is 0 Å². The number of aromatic carboxylic acids is 1. The third-order valence-corrected chi connectivity index (χ3v) is 3.29. The van der Waals surface area contributed by atoms with Crippen LogP contribution >= 0.6 is 11.6 Å². The predicted octanol–water partition coefficient (Wildman–Crippen LogP) is 3.18. The smallest absolute Gasteiger partial charge is 0.337 e. The maximum absolute atomic E-state index is 11.0. The van der Waals surface area contributed by atoms with E-state index in [9.17, 15) is 4.79 Å². The summed E-state index contributed by atoms with van der Waals surface area (Å²) in [5.41, 5.74) is 2.83. The fourth-order valence-electron chi connectivity index (χ4n) is 2.01. The molecule has 0 saturated carbocycles. The van der Waals surface area contributed by atoms with Gasteiger partial charge in [-0.25, -0.2) is 4.79 Å². The van der Waals surface area contributed by atoms with Crippen LogP contribution in [0.15, 0.2) is 24.3 Å². The molecule has 0 atom stereocenters. The molecule has 0 radical (unpaired) electrons. The Kier molecular flexibility index (Phi) is 4.29. The van der Waals surface area contributed by atoms with Crippen LogP contribution in [0.5, 0.6) is 0 Å². The third kappa shape index (κ3) is 3.11. The Bertz CT molecular complexity index is 637. The fraction of sp³-hybridized carbons (Fsp3) is 0.286. The summed E-state index contributed by atoms with van der Waals surface area (Å²) < 4.78 is 1.91. The predicted molar refractivity (Wildman–Crippen MR) is 78.4 cm³/mol. The number of nitrogens with zero attached hydrogens (tertiary/aromatic N) is 2. The second-order valence-electron chi connectivity index (χ2n) is 4.45. The van der Waals surface area contributed by atoms with E-state index in [-0.39, 0.29) is 10.6 Å². The molecule has 0 spiro atoms. The average molecular weight is 294 g/mol. The zero-order chi connectivity index (χ0) is 14.7. The Morgan fingerprint density at radius 2 is 2.20 bits per heavy atom. The monoisotopic (exact) mass is 293 g/mol. The lowest BCUT2D eigenvalue weighted by molar-refractivity contribution is 0.0697. The summed E-state index contributed by atoms with van der Waals surface area (Å²) >= 11 is 5.84. The van der Waals surface area contributed by atoms with E-state index in [2.05, 4.69) is 10.4 Å². The molecule has 106 valence electrons. The summed E-state index contributed by atoms with van der Waals surface area (Å²) in [5, 5.41) is 16.8. The minimum absolute atomic E-state index is 0.0943. The summed E-state index contributed by atoms with van der Waals surface area (Å²) in [7, 11) is 0. The summed E-state index contributed by atoms with van der Waals surface area (Å²) in [6.45, 7) is 5.35. The Balaban J connectivity index is 2.14. The van der Waals surface area contributed by atoms with Gasteiger partial charge >= 0.3 is 5.97 Å². The number of benzene rings is 1. The first kappa shape index (κ1) is 14.4. The number of carbonyl (C=O) groups is 1. The van der Waals surface area contributed by atoms with Gasteiger partial charge in [-0.2, -0.15) is 5.10 Å². The van der Waals surface area contributed by atoms with E-state index in [0.717, 1.165) is 17.9 Å². The Morgan fingerprint density at radius 1 is 1.45 bits per heavy atom. The molecule has 2 rings (SSSR count). The maximum Gasteiger partial charge on any atom is 0.337 e. The van der Waals surface area contributed by atoms with Gasteiger partial charge in [-0.05, 0) is 38.1 Å². The van der Waals surface area contributed by atoms with Crippen molar-refractivity contribution in [1.82, 2.24) is 9.78 Å². The normalized spacial score (nSPS) is 10.6. The Hall–Kier alpha value is -2.01. The van der Waals surface area contributed by atoms with Crippen molar-refractivity contribution in [2.75, 3.05) is 5.32 Å². The van der Waals surface area contributed by atoms with Crippen LogP contribution in [-0.4, -0.2) is 20.9 Å². The second-order valence-corrected chi connectivity index (χ2v) is 4.85. The molecule has 0 fully saturated rings. The number of hydrogen-bond donors (Lipinski definition) is 2. The molecule has 6 heteroatoms. The number of anilines is 1. The quantitative estimate of drug-likeness (QED) is 0.888. The summed E-state index contributed by atoms with van der Waals surface area (Å²) in [6.07, 6.45) is 0. The first-order chi connectivity index (χ1) is 9.51. The van der Waals surface area contributed by atoms with E-state index >= 15 is 0 Å². The minimum atomic E-state index is -1.03. The van der Waals surface area contributed by atoms with Gasteiger partial charge in [-0.3, -0.25) is 4.68 Å². The van der Waals surface area contributed by atoms with Crippen LogP contribution in [0.1, 0.15) is 28.7 Å². The van der Waals surface area contributed by atoms with Gasteiger partial charge in [-0.1, -0.05) is 11.6 Å². The van der Waals surface area contributed by atoms with Crippen molar-refractivity contribution in [3.8, 4) is 0 Å². The van der Waals surface area contributed by atoms with Crippen molar-refractivity contribution < 1.29 is 9.90 Å². The highest BCUT2D eigenvalue weighted by atomic mass is 35.5. The van der Waals surface area contributed by atoms with E-state index in [1.807, 2.05) is 24.6 Å². The zero-order valence-corrected chi connectivity index (χ0v) is 12.1. The molecule has 0 aliphatic heterocycles. The van der Waals surface area contributed by atoms with E-state index in [1.54, 1.807) is 12.1 Å². The van der Waals surface area contributed by atoms with Gasteiger partial charge < -0.3 is 10.4 Å². The molecular formula is C14H16ClN3O2.